The van der Waals surface area contributed by atoms with Gasteiger partial charge in [-0.25, -0.2) is 22.2 Å². The van der Waals surface area contributed by atoms with Crippen LogP contribution in [0.5, 0.6) is 0 Å². The zero-order valence-electron chi connectivity index (χ0n) is 15.6. The number of hydrogen-bond acceptors (Lipinski definition) is 4. The molecule has 0 radical (unpaired) electrons. The standard InChI is InChI=1S/C20H17Cl2N3O4S/c21-16-11-23-19-15(18(16)22)10-17(14-6-8-24(9-7-14)20(26)27)25(19)30(28,29)12-13-4-2-1-3-5-13/h1-6,10-11H,7-9,12H2,(H,26,27). The maximum Gasteiger partial charge on any atom is 0.407 e. The number of halogens is 2. The average Bonchev–Trinajstić information content (AvgIpc) is 3.12. The first-order chi connectivity index (χ1) is 14.3. The predicted molar refractivity (Wildman–Crippen MR) is 116 cm³/mol. The second-order valence-corrected chi connectivity index (χ2v) is 9.50. The van der Waals surface area contributed by atoms with Gasteiger partial charge in [-0.3, -0.25) is 0 Å². The van der Waals surface area contributed by atoms with Gasteiger partial charge in [0.05, 0.1) is 21.5 Å². The molecule has 0 spiro atoms. The second-order valence-electron chi connectivity index (χ2n) is 6.90. The lowest BCUT2D eigenvalue weighted by Crippen LogP contribution is -2.33. The van der Waals surface area contributed by atoms with Gasteiger partial charge in [0.15, 0.2) is 5.65 Å². The van der Waals surface area contributed by atoms with Crippen LogP contribution in [-0.4, -0.2) is 46.6 Å². The normalized spacial score (nSPS) is 14.7. The number of pyridine rings is 1. The molecule has 1 aliphatic rings. The topological polar surface area (TPSA) is 92.5 Å². The summed E-state index contributed by atoms with van der Waals surface area (Å²) >= 11 is 12.4. The minimum Gasteiger partial charge on any atom is -0.465 e. The molecule has 2 aromatic heterocycles. The highest BCUT2D eigenvalue weighted by molar-refractivity contribution is 7.89. The van der Waals surface area contributed by atoms with Gasteiger partial charge in [-0.15, -0.1) is 0 Å². The number of carboxylic acid groups (broad SMARTS) is 1. The fraction of sp³-hybridized carbons (Fsp3) is 0.200. The molecule has 0 unspecified atom stereocenters. The first kappa shape index (κ1) is 20.7. The zero-order valence-corrected chi connectivity index (χ0v) is 18.0. The van der Waals surface area contributed by atoms with Gasteiger partial charge in [0.1, 0.15) is 0 Å². The van der Waals surface area contributed by atoms with E-state index < -0.39 is 16.1 Å². The van der Waals surface area contributed by atoms with Crippen molar-refractivity contribution in [3.63, 3.8) is 0 Å². The minimum atomic E-state index is -3.85. The molecule has 0 aliphatic carbocycles. The van der Waals surface area contributed by atoms with Crippen LogP contribution in [0, 0.1) is 0 Å². The molecule has 30 heavy (non-hydrogen) atoms. The van der Waals surface area contributed by atoms with Crippen LogP contribution in [0.15, 0.2) is 48.7 Å². The lowest BCUT2D eigenvalue weighted by Gasteiger charge is -2.24. The van der Waals surface area contributed by atoms with Crippen molar-refractivity contribution in [1.29, 1.82) is 0 Å². The molecule has 1 aromatic carbocycles. The highest BCUT2D eigenvalue weighted by atomic mass is 35.5. The smallest absolute Gasteiger partial charge is 0.407 e. The van der Waals surface area contributed by atoms with Gasteiger partial charge in [0.25, 0.3) is 0 Å². The third-order valence-electron chi connectivity index (χ3n) is 4.96. The summed E-state index contributed by atoms with van der Waals surface area (Å²) in [6.45, 7) is 0.441. The molecule has 1 N–H and O–H groups in total. The summed E-state index contributed by atoms with van der Waals surface area (Å²) in [5.41, 5.74) is 1.97. The molecule has 1 amide bonds. The van der Waals surface area contributed by atoms with Gasteiger partial charge in [-0.05, 0) is 23.6 Å². The average molecular weight is 466 g/mol. The summed E-state index contributed by atoms with van der Waals surface area (Å²) in [6, 6.07) is 10.5. The van der Waals surface area contributed by atoms with Crippen molar-refractivity contribution in [2.24, 2.45) is 0 Å². The van der Waals surface area contributed by atoms with Gasteiger partial charge in [-0.1, -0.05) is 59.6 Å². The van der Waals surface area contributed by atoms with Crippen LogP contribution in [0.25, 0.3) is 16.6 Å². The lowest BCUT2D eigenvalue weighted by molar-refractivity contribution is 0.150. The van der Waals surface area contributed by atoms with E-state index in [9.17, 15) is 18.3 Å². The number of benzene rings is 1. The summed E-state index contributed by atoms with van der Waals surface area (Å²) in [6.07, 6.45) is 2.40. The van der Waals surface area contributed by atoms with E-state index in [-0.39, 0.29) is 34.5 Å². The third-order valence-corrected chi connectivity index (χ3v) is 7.37. The third kappa shape index (κ3) is 3.78. The van der Waals surface area contributed by atoms with Crippen LogP contribution < -0.4 is 0 Å². The monoisotopic (exact) mass is 465 g/mol. The first-order valence-corrected chi connectivity index (χ1v) is 11.4. The Bertz CT molecular complexity index is 1270. The first-order valence-electron chi connectivity index (χ1n) is 9.08. The van der Waals surface area contributed by atoms with Gasteiger partial charge in [0.2, 0.25) is 10.0 Å². The Morgan fingerprint density at radius 2 is 1.93 bits per heavy atom. The minimum absolute atomic E-state index is 0.173. The molecular formula is C20H17Cl2N3O4S. The van der Waals surface area contributed by atoms with Crippen molar-refractivity contribution in [3.8, 4) is 0 Å². The van der Waals surface area contributed by atoms with Crippen LogP contribution in [-0.2, 0) is 15.8 Å². The number of carbonyl (C=O) groups is 1. The summed E-state index contributed by atoms with van der Waals surface area (Å²) in [7, 11) is -3.85. The molecule has 4 rings (SSSR count). The predicted octanol–water partition coefficient (Wildman–Crippen LogP) is 4.49. The Labute approximate surface area is 183 Å². The van der Waals surface area contributed by atoms with Crippen molar-refractivity contribution in [3.05, 3.63) is 70.0 Å². The Morgan fingerprint density at radius 3 is 2.57 bits per heavy atom. The Balaban J connectivity index is 1.88. The van der Waals surface area contributed by atoms with Crippen LogP contribution in [0.1, 0.15) is 17.7 Å². The van der Waals surface area contributed by atoms with E-state index in [1.54, 1.807) is 36.4 Å². The van der Waals surface area contributed by atoms with Crippen molar-refractivity contribution in [2.45, 2.75) is 12.2 Å². The van der Waals surface area contributed by atoms with Crippen LogP contribution in [0.4, 0.5) is 4.79 Å². The summed E-state index contributed by atoms with van der Waals surface area (Å²) in [5.74, 6) is -0.221. The SMILES string of the molecule is O=C(O)N1CC=C(c2cc3c(Cl)c(Cl)cnc3n2S(=O)(=O)Cc2ccccc2)CC1. The molecule has 10 heteroatoms. The van der Waals surface area contributed by atoms with Crippen molar-refractivity contribution < 1.29 is 18.3 Å². The fourth-order valence-electron chi connectivity index (χ4n) is 3.50. The van der Waals surface area contributed by atoms with Crippen molar-refractivity contribution in [2.75, 3.05) is 13.1 Å². The lowest BCUT2D eigenvalue weighted by atomic mass is 10.1. The number of nitrogens with zero attached hydrogens (tertiary/aromatic N) is 3. The number of amides is 1. The maximum atomic E-state index is 13.4. The van der Waals surface area contributed by atoms with Gasteiger partial charge < -0.3 is 10.0 Å². The van der Waals surface area contributed by atoms with E-state index >= 15 is 0 Å². The second kappa shape index (κ2) is 7.94. The Hall–Kier alpha value is -2.55. The number of rotatable bonds is 4. The molecule has 0 fully saturated rings. The van der Waals surface area contributed by atoms with Gasteiger partial charge in [-0.2, -0.15) is 0 Å². The van der Waals surface area contributed by atoms with E-state index in [4.69, 9.17) is 23.2 Å². The van der Waals surface area contributed by atoms with Crippen LogP contribution in [0.2, 0.25) is 10.0 Å². The Kier molecular flexibility index (Phi) is 5.48. The molecule has 1 aliphatic heterocycles. The van der Waals surface area contributed by atoms with E-state index in [0.717, 1.165) is 0 Å². The largest absolute Gasteiger partial charge is 0.465 e. The molecule has 0 atom stereocenters. The highest BCUT2D eigenvalue weighted by Crippen LogP contribution is 2.36. The molecule has 0 saturated carbocycles. The fourth-order valence-corrected chi connectivity index (χ4v) is 5.46. The van der Waals surface area contributed by atoms with E-state index in [0.29, 0.717) is 28.6 Å². The molecule has 0 saturated heterocycles. The maximum absolute atomic E-state index is 13.4. The molecule has 0 bridgehead atoms. The van der Waals surface area contributed by atoms with Crippen LogP contribution in [0.3, 0.4) is 0 Å². The van der Waals surface area contributed by atoms with E-state index in [1.165, 1.54) is 15.1 Å². The van der Waals surface area contributed by atoms with Gasteiger partial charge >= 0.3 is 6.09 Å². The Morgan fingerprint density at radius 1 is 1.20 bits per heavy atom. The summed E-state index contributed by atoms with van der Waals surface area (Å²) in [4.78, 5) is 16.7. The van der Waals surface area contributed by atoms with Gasteiger partial charge in [0, 0.05) is 24.7 Å². The molecule has 3 aromatic rings. The van der Waals surface area contributed by atoms with Crippen LogP contribution >= 0.6 is 23.2 Å². The van der Waals surface area contributed by atoms with Crippen molar-refractivity contribution in [1.82, 2.24) is 13.9 Å². The summed E-state index contributed by atoms with van der Waals surface area (Å²) in [5, 5.41) is 10.1. The molecule has 7 nitrogen and oxygen atoms in total. The highest BCUT2D eigenvalue weighted by Gasteiger charge is 2.27. The van der Waals surface area contributed by atoms with Crippen molar-refractivity contribution >= 4 is 55.9 Å². The molecule has 3 heterocycles. The summed E-state index contributed by atoms with van der Waals surface area (Å²) < 4.78 is 28.0. The molecule has 156 valence electrons. The zero-order chi connectivity index (χ0) is 21.5. The number of aromatic nitrogens is 2. The number of hydrogen-bond donors (Lipinski definition) is 1. The van der Waals surface area contributed by atoms with E-state index in [1.807, 2.05) is 6.07 Å². The quantitative estimate of drug-likeness (QED) is 0.612. The molecular weight excluding hydrogens is 449 g/mol. The number of fused-ring (bicyclic) bond motifs is 1. The van der Waals surface area contributed by atoms with E-state index in [2.05, 4.69) is 4.98 Å².